The summed E-state index contributed by atoms with van der Waals surface area (Å²) in [6, 6.07) is 0.193. The number of rotatable bonds is 6. The molecule has 1 aromatic heterocycles. The van der Waals surface area contributed by atoms with Crippen LogP contribution in [0.4, 0.5) is 0 Å². The second kappa shape index (κ2) is 6.79. The minimum Gasteiger partial charge on any atom is -0.368 e. The van der Waals surface area contributed by atoms with Crippen molar-refractivity contribution in [3.63, 3.8) is 0 Å². The Kier molecular flexibility index (Phi) is 5.27. The van der Waals surface area contributed by atoms with Gasteiger partial charge in [-0.1, -0.05) is 18.2 Å². The van der Waals surface area contributed by atoms with Crippen molar-refractivity contribution in [2.45, 2.75) is 69.7 Å². The molecule has 3 N–H and O–H groups in total. The predicted molar refractivity (Wildman–Crippen MR) is 84.2 cm³/mol. The Balaban J connectivity index is 2.08. The number of primary amides is 1. The maximum absolute atomic E-state index is 11.8. The standard InChI is InChI=1S/C14H25N5OS/c1-10(2)16-14(3,12(15)20)9-21-13-18-17-11-7-5-4-6-8-19(11)13/h10,16H,4-9H2,1-3H3,(H2,15,20). The molecule has 2 rings (SSSR count). The maximum Gasteiger partial charge on any atom is 0.238 e. The molecule has 0 saturated heterocycles. The van der Waals surface area contributed by atoms with Crippen molar-refractivity contribution in [1.82, 2.24) is 20.1 Å². The van der Waals surface area contributed by atoms with Crippen molar-refractivity contribution in [2.75, 3.05) is 5.75 Å². The number of nitrogens with zero attached hydrogens (tertiary/aromatic N) is 3. The van der Waals surface area contributed by atoms with Crippen LogP contribution in [0.1, 0.15) is 45.9 Å². The fraction of sp³-hybridized carbons (Fsp3) is 0.786. The maximum atomic E-state index is 11.8. The number of amides is 1. The van der Waals surface area contributed by atoms with E-state index in [9.17, 15) is 4.79 Å². The van der Waals surface area contributed by atoms with Gasteiger partial charge in [0.25, 0.3) is 0 Å². The second-order valence-corrected chi connectivity index (χ2v) is 7.09. The fourth-order valence-electron chi connectivity index (χ4n) is 2.60. The molecule has 0 radical (unpaired) electrons. The first-order chi connectivity index (χ1) is 9.92. The van der Waals surface area contributed by atoms with Gasteiger partial charge in [-0.15, -0.1) is 10.2 Å². The SMILES string of the molecule is CC(C)NC(C)(CSc1nnc2n1CCCCC2)C(N)=O. The van der Waals surface area contributed by atoms with Gasteiger partial charge in [0, 0.05) is 24.8 Å². The highest BCUT2D eigenvalue weighted by atomic mass is 32.2. The summed E-state index contributed by atoms with van der Waals surface area (Å²) in [7, 11) is 0. The number of aryl methyl sites for hydroxylation is 1. The van der Waals surface area contributed by atoms with Gasteiger partial charge in [0.05, 0.1) is 0 Å². The zero-order chi connectivity index (χ0) is 15.5. The van der Waals surface area contributed by atoms with Gasteiger partial charge in [-0.3, -0.25) is 4.79 Å². The van der Waals surface area contributed by atoms with Gasteiger partial charge in [0.15, 0.2) is 5.16 Å². The zero-order valence-corrected chi connectivity index (χ0v) is 13.9. The third kappa shape index (κ3) is 3.97. The van der Waals surface area contributed by atoms with Gasteiger partial charge >= 0.3 is 0 Å². The van der Waals surface area contributed by atoms with Gasteiger partial charge in [-0.05, 0) is 33.6 Å². The van der Waals surface area contributed by atoms with E-state index in [4.69, 9.17) is 5.73 Å². The van der Waals surface area contributed by atoms with E-state index in [0.717, 1.165) is 30.4 Å². The summed E-state index contributed by atoms with van der Waals surface area (Å²) in [5.41, 5.74) is 4.82. The Bertz CT molecular complexity index is 502. The average molecular weight is 311 g/mol. The molecule has 0 bridgehead atoms. The lowest BCUT2D eigenvalue weighted by Crippen LogP contribution is -2.57. The van der Waals surface area contributed by atoms with Gasteiger partial charge in [-0.2, -0.15) is 0 Å². The quantitative estimate of drug-likeness (QED) is 0.774. The van der Waals surface area contributed by atoms with E-state index in [1.165, 1.54) is 12.8 Å². The molecule has 2 heterocycles. The Morgan fingerprint density at radius 2 is 2.19 bits per heavy atom. The molecule has 0 aromatic carbocycles. The summed E-state index contributed by atoms with van der Waals surface area (Å²) in [6.07, 6.45) is 4.57. The van der Waals surface area contributed by atoms with E-state index in [0.29, 0.717) is 5.75 Å². The normalized spacial score (nSPS) is 18.1. The van der Waals surface area contributed by atoms with Crippen LogP contribution in [0.2, 0.25) is 0 Å². The van der Waals surface area contributed by atoms with Crippen LogP contribution in [0.15, 0.2) is 5.16 Å². The van der Waals surface area contributed by atoms with Crippen LogP contribution >= 0.6 is 11.8 Å². The number of nitrogens with two attached hydrogens (primary N) is 1. The predicted octanol–water partition coefficient (Wildman–Crippen LogP) is 1.34. The van der Waals surface area contributed by atoms with Gasteiger partial charge in [-0.25, -0.2) is 0 Å². The van der Waals surface area contributed by atoms with E-state index in [1.54, 1.807) is 11.8 Å². The molecule has 1 aliphatic rings. The summed E-state index contributed by atoms with van der Waals surface area (Å²) in [6.45, 7) is 6.83. The smallest absolute Gasteiger partial charge is 0.238 e. The number of fused-ring (bicyclic) bond motifs is 1. The van der Waals surface area contributed by atoms with Crippen LogP contribution in [0.3, 0.4) is 0 Å². The number of aromatic nitrogens is 3. The number of carbonyl (C=O) groups excluding carboxylic acids is 1. The Labute approximate surface area is 130 Å². The lowest BCUT2D eigenvalue weighted by Gasteiger charge is -2.29. The molecule has 0 aliphatic carbocycles. The lowest BCUT2D eigenvalue weighted by molar-refractivity contribution is -0.123. The highest BCUT2D eigenvalue weighted by molar-refractivity contribution is 7.99. The van der Waals surface area contributed by atoms with Crippen LogP contribution in [-0.4, -0.2) is 38.0 Å². The highest BCUT2D eigenvalue weighted by Gasteiger charge is 2.32. The van der Waals surface area contributed by atoms with Gasteiger partial charge in [0.1, 0.15) is 11.4 Å². The average Bonchev–Trinajstić information content (AvgIpc) is 2.63. The Morgan fingerprint density at radius 3 is 2.86 bits per heavy atom. The topological polar surface area (TPSA) is 85.8 Å². The van der Waals surface area contributed by atoms with Crippen molar-refractivity contribution in [3.05, 3.63) is 5.82 Å². The molecular formula is C14H25N5OS. The molecule has 1 unspecified atom stereocenters. The van der Waals surface area contributed by atoms with Gasteiger partial charge in [0.2, 0.25) is 5.91 Å². The largest absolute Gasteiger partial charge is 0.368 e. The first-order valence-electron chi connectivity index (χ1n) is 7.55. The molecule has 0 fully saturated rings. The first-order valence-corrected chi connectivity index (χ1v) is 8.53. The molecular weight excluding hydrogens is 286 g/mol. The number of thioether (sulfide) groups is 1. The Hall–Kier alpha value is -1.08. The van der Waals surface area contributed by atoms with E-state index >= 15 is 0 Å². The van der Waals surface area contributed by atoms with Crippen LogP contribution in [0.25, 0.3) is 0 Å². The van der Waals surface area contributed by atoms with Crippen molar-refractivity contribution in [2.24, 2.45) is 5.73 Å². The van der Waals surface area contributed by atoms with E-state index < -0.39 is 5.54 Å². The van der Waals surface area contributed by atoms with Crippen LogP contribution in [0, 0.1) is 0 Å². The third-order valence-corrected chi connectivity index (χ3v) is 5.00. The first kappa shape index (κ1) is 16.3. The number of hydrogen-bond donors (Lipinski definition) is 2. The summed E-state index contributed by atoms with van der Waals surface area (Å²) < 4.78 is 2.19. The third-order valence-electron chi connectivity index (χ3n) is 3.72. The molecule has 0 saturated carbocycles. The molecule has 21 heavy (non-hydrogen) atoms. The molecule has 1 atom stereocenters. The lowest BCUT2D eigenvalue weighted by atomic mass is 10.0. The van der Waals surface area contributed by atoms with Crippen molar-refractivity contribution in [1.29, 1.82) is 0 Å². The van der Waals surface area contributed by atoms with Crippen LogP contribution in [0.5, 0.6) is 0 Å². The molecule has 6 nitrogen and oxygen atoms in total. The monoisotopic (exact) mass is 311 g/mol. The Morgan fingerprint density at radius 1 is 1.43 bits per heavy atom. The molecule has 0 spiro atoms. The minimum atomic E-state index is -0.740. The van der Waals surface area contributed by atoms with E-state index in [1.807, 2.05) is 20.8 Å². The minimum absolute atomic E-state index is 0.193. The van der Waals surface area contributed by atoms with Crippen LogP contribution in [-0.2, 0) is 17.8 Å². The number of nitrogens with one attached hydrogen (secondary N) is 1. The fourth-order valence-corrected chi connectivity index (χ4v) is 3.69. The molecule has 7 heteroatoms. The van der Waals surface area contributed by atoms with Gasteiger partial charge < -0.3 is 15.6 Å². The summed E-state index contributed by atoms with van der Waals surface area (Å²) in [4.78, 5) is 11.8. The van der Waals surface area contributed by atoms with E-state index in [2.05, 4.69) is 20.1 Å². The number of hydrogen-bond acceptors (Lipinski definition) is 5. The second-order valence-electron chi connectivity index (χ2n) is 6.15. The molecule has 1 aromatic rings. The van der Waals surface area contributed by atoms with E-state index in [-0.39, 0.29) is 11.9 Å². The van der Waals surface area contributed by atoms with Crippen molar-refractivity contribution < 1.29 is 4.79 Å². The highest BCUT2D eigenvalue weighted by Crippen LogP contribution is 2.25. The molecule has 1 amide bonds. The zero-order valence-electron chi connectivity index (χ0n) is 13.1. The van der Waals surface area contributed by atoms with Crippen LogP contribution < -0.4 is 11.1 Å². The van der Waals surface area contributed by atoms with Crippen molar-refractivity contribution >= 4 is 17.7 Å². The molecule has 118 valence electrons. The van der Waals surface area contributed by atoms with Crippen molar-refractivity contribution in [3.8, 4) is 0 Å². The number of carbonyl (C=O) groups is 1. The summed E-state index contributed by atoms with van der Waals surface area (Å²) >= 11 is 1.55. The molecule has 1 aliphatic heterocycles. The summed E-state index contributed by atoms with van der Waals surface area (Å²) in [5.74, 6) is 1.28. The summed E-state index contributed by atoms with van der Waals surface area (Å²) in [5, 5.41) is 12.7.